The fraction of sp³-hybridized carbons (Fsp3) is 0. The minimum Gasteiger partial charge on any atom is -0.453 e. The van der Waals surface area contributed by atoms with Gasteiger partial charge in [-0.3, -0.25) is 4.98 Å². The van der Waals surface area contributed by atoms with Gasteiger partial charge >= 0.3 is 0 Å². The van der Waals surface area contributed by atoms with Gasteiger partial charge in [0, 0.05) is 11.5 Å². The lowest BCUT2D eigenvalue weighted by molar-refractivity contribution is 0.481. The third-order valence-electron chi connectivity index (χ3n) is 2.94. The zero-order valence-electron chi connectivity index (χ0n) is 10.6. The van der Waals surface area contributed by atoms with Crippen LogP contribution >= 0.6 is 27.5 Å². The van der Waals surface area contributed by atoms with Crippen molar-refractivity contribution in [1.29, 1.82) is 0 Å². The summed E-state index contributed by atoms with van der Waals surface area (Å²) in [5.74, 6) is 0.162. The molecule has 106 valence electrons. The van der Waals surface area contributed by atoms with Crippen LogP contribution < -0.4 is 10.5 Å². The monoisotopic (exact) mass is 366 g/mol. The Balaban J connectivity index is 2.14. The highest BCUT2D eigenvalue weighted by atomic mass is 79.9. The van der Waals surface area contributed by atoms with Gasteiger partial charge in [0.1, 0.15) is 11.6 Å². The lowest BCUT2D eigenvalue weighted by Gasteiger charge is -2.13. The van der Waals surface area contributed by atoms with Crippen molar-refractivity contribution >= 4 is 44.1 Å². The Morgan fingerprint density at radius 2 is 2.00 bits per heavy atom. The summed E-state index contributed by atoms with van der Waals surface area (Å²) in [6, 6.07) is 10.1. The van der Waals surface area contributed by atoms with Crippen LogP contribution in [0, 0.1) is 5.82 Å². The summed E-state index contributed by atoms with van der Waals surface area (Å²) < 4.78 is 19.9. The minimum absolute atomic E-state index is 0.0155. The Morgan fingerprint density at radius 3 is 2.81 bits per heavy atom. The largest absolute Gasteiger partial charge is 0.453 e. The average molecular weight is 368 g/mol. The zero-order chi connectivity index (χ0) is 15.0. The van der Waals surface area contributed by atoms with E-state index in [0.717, 1.165) is 10.9 Å². The molecule has 0 amide bonds. The Hall–Kier alpha value is -1.85. The zero-order valence-corrected chi connectivity index (χ0v) is 13.0. The highest BCUT2D eigenvalue weighted by Gasteiger charge is 2.13. The van der Waals surface area contributed by atoms with Crippen molar-refractivity contribution in [2.24, 2.45) is 0 Å². The number of ether oxygens (including phenoxy) is 1. The predicted octanol–water partition coefficient (Wildman–Crippen LogP) is 5.16. The molecular weight excluding hydrogens is 359 g/mol. The van der Waals surface area contributed by atoms with E-state index in [1.807, 2.05) is 24.3 Å². The van der Waals surface area contributed by atoms with Crippen LogP contribution in [0.2, 0.25) is 5.02 Å². The molecule has 1 aromatic heterocycles. The maximum absolute atomic E-state index is 13.6. The Bertz CT molecular complexity index is 841. The van der Waals surface area contributed by atoms with E-state index in [9.17, 15) is 4.39 Å². The van der Waals surface area contributed by atoms with E-state index in [2.05, 4.69) is 20.9 Å². The first-order valence-corrected chi connectivity index (χ1v) is 7.19. The van der Waals surface area contributed by atoms with Crippen LogP contribution in [0.4, 0.5) is 10.1 Å². The van der Waals surface area contributed by atoms with Gasteiger partial charge in [0.2, 0.25) is 0 Å². The van der Waals surface area contributed by atoms with Gasteiger partial charge in [-0.2, -0.15) is 0 Å². The van der Waals surface area contributed by atoms with Crippen LogP contribution in [0.1, 0.15) is 0 Å². The molecule has 0 aliphatic heterocycles. The molecule has 0 radical (unpaired) electrons. The summed E-state index contributed by atoms with van der Waals surface area (Å²) in [7, 11) is 0. The molecule has 0 aliphatic rings. The van der Waals surface area contributed by atoms with Crippen molar-refractivity contribution in [1.82, 2.24) is 4.98 Å². The number of para-hydroxylation sites is 1. The molecule has 3 nitrogen and oxygen atoms in total. The molecule has 0 bridgehead atoms. The number of hydrogen-bond acceptors (Lipinski definition) is 3. The van der Waals surface area contributed by atoms with Crippen molar-refractivity contribution in [2.75, 3.05) is 5.73 Å². The number of pyridine rings is 1. The topological polar surface area (TPSA) is 48.1 Å². The molecule has 0 fully saturated rings. The number of fused-ring (bicyclic) bond motifs is 1. The molecule has 0 atom stereocenters. The van der Waals surface area contributed by atoms with Crippen molar-refractivity contribution in [3.05, 3.63) is 57.9 Å². The molecule has 2 aromatic carbocycles. The number of benzene rings is 2. The molecule has 0 unspecified atom stereocenters. The molecule has 3 rings (SSSR count). The van der Waals surface area contributed by atoms with Crippen molar-refractivity contribution in [3.8, 4) is 11.5 Å². The number of aromatic nitrogens is 1. The van der Waals surface area contributed by atoms with Crippen LogP contribution in [0.25, 0.3) is 10.9 Å². The van der Waals surface area contributed by atoms with Gasteiger partial charge in [-0.1, -0.05) is 23.7 Å². The second kappa shape index (κ2) is 5.50. The van der Waals surface area contributed by atoms with Gasteiger partial charge in [0.05, 0.1) is 26.9 Å². The average Bonchev–Trinajstić information content (AvgIpc) is 2.47. The highest BCUT2D eigenvalue weighted by Crippen LogP contribution is 2.38. The summed E-state index contributed by atoms with van der Waals surface area (Å²) in [6.07, 6.45) is 1.51. The standard InChI is InChI=1S/C15H9BrClFN2O/c16-9-5-10(17)11(18)6-14(9)21-15-8-3-1-2-4-13(8)20-7-12(15)19/h1-7H,19H2. The quantitative estimate of drug-likeness (QED) is 0.636. The number of anilines is 1. The number of halogens is 3. The summed E-state index contributed by atoms with van der Waals surface area (Å²) >= 11 is 9.01. The van der Waals surface area contributed by atoms with E-state index >= 15 is 0 Å². The van der Waals surface area contributed by atoms with E-state index in [1.54, 1.807) is 0 Å². The highest BCUT2D eigenvalue weighted by molar-refractivity contribution is 9.10. The van der Waals surface area contributed by atoms with Gasteiger partial charge in [-0.25, -0.2) is 4.39 Å². The van der Waals surface area contributed by atoms with Crippen LogP contribution in [-0.2, 0) is 0 Å². The molecule has 0 aliphatic carbocycles. The summed E-state index contributed by atoms with van der Waals surface area (Å²) in [5.41, 5.74) is 7.04. The Labute approximate surface area is 133 Å². The minimum atomic E-state index is -0.563. The number of hydrogen-bond donors (Lipinski definition) is 1. The number of rotatable bonds is 2. The van der Waals surface area contributed by atoms with E-state index in [0.29, 0.717) is 21.7 Å². The molecule has 0 spiro atoms. The Kier molecular flexibility index (Phi) is 3.69. The number of nitrogen functional groups attached to an aromatic ring is 1. The van der Waals surface area contributed by atoms with Gasteiger partial charge in [0.25, 0.3) is 0 Å². The molecule has 21 heavy (non-hydrogen) atoms. The first-order chi connectivity index (χ1) is 10.1. The fourth-order valence-electron chi connectivity index (χ4n) is 1.94. The molecule has 6 heteroatoms. The van der Waals surface area contributed by atoms with Crippen LogP contribution in [-0.4, -0.2) is 4.98 Å². The lowest BCUT2D eigenvalue weighted by atomic mass is 10.2. The normalized spacial score (nSPS) is 10.8. The lowest BCUT2D eigenvalue weighted by Crippen LogP contribution is -1.96. The number of nitrogens with two attached hydrogens (primary N) is 1. The molecule has 0 saturated heterocycles. The third kappa shape index (κ3) is 2.66. The van der Waals surface area contributed by atoms with Crippen LogP contribution in [0.5, 0.6) is 11.5 Å². The first kappa shape index (κ1) is 14.1. The van der Waals surface area contributed by atoms with Gasteiger partial charge in [-0.05, 0) is 34.1 Å². The molecule has 0 saturated carbocycles. The molecule has 2 N–H and O–H groups in total. The predicted molar refractivity (Wildman–Crippen MR) is 85.3 cm³/mol. The second-order valence-corrected chi connectivity index (χ2v) is 5.62. The summed E-state index contributed by atoms with van der Waals surface area (Å²) in [6.45, 7) is 0. The fourth-order valence-corrected chi connectivity index (χ4v) is 2.66. The van der Waals surface area contributed by atoms with Gasteiger partial charge < -0.3 is 10.5 Å². The summed E-state index contributed by atoms with van der Waals surface area (Å²) in [4.78, 5) is 4.23. The Morgan fingerprint density at radius 1 is 1.24 bits per heavy atom. The van der Waals surface area contributed by atoms with E-state index in [-0.39, 0.29) is 5.02 Å². The van der Waals surface area contributed by atoms with Crippen LogP contribution in [0.15, 0.2) is 47.1 Å². The smallest absolute Gasteiger partial charge is 0.161 e. The van der Waals surface area contributed by atoms with Gasteiger partial charge in [-0.15, -0.1) is 0 Å². The maximum atomic E-state index is 13.6. The van der Waals surface area contributed by atoms with E-state index in [1.165, 1.54) is 18.3 Å². The van der Waals surface area contributed by atoms with Crippen molar-refractivity contribution in [3.63, 3.8) is 0 Å². The maximum Gasteiger partial charge on any atom is 0.161 e. The molecule has 1 heterocycles. The van der Waals surface area contributed by atoms with Crippen LogP contribution in [0.3, 0.4) is 0 Å². The number of nitrogens with zero attached hydrogens (tertiary/aromatic N) is 1. The first-order valence-electron chi connectivity index (χ1n) is 6.02. The third-order valence-corrected chi connectivity index (χ3v) is 3.85. The SMILES string of the molecule is Nc1cnc2ccccc2c1Oc1cc(F)c(Cl)cc1Br. The second-order valence-electron chi connectivity index (χ2n) is 4.36. The van der Waals surface area contributed by atoms with Gasteiger partial charge in [0.15, 0.2) is 5.75 Å². The molecule has 3 aromatic rings. The van der Waals surface area contributed by atoms with Crippen molar-refractivity contribution in [2.45, 2.75) is 0 Å². The van der Waals surface area contributed by atoms with E-state index in [4.69, 9.17) is 22.1 Å². The summed E-state index contributed by atoms with van der Waals surface area (Å²) in [5, 5.41) is 0.765. The van der Waals surface area contributed by atoms with E-state index < -0.39 is 5.82 Å². The molecular formula is C15H9BrClFN2O. The van der Waals surface area contributed by atoms with Crippen molar-refractivity contribution < 1.29 is 9.13 Å².